The van der Waals surface area contributed by atoms with Gasteiger partial charge < -0.3 is 14.2 Å². The Balaban J connectivity index is 2.19. The normalized spacial score (nSPS) is 20.5. The van der Waals surface area contributed by atoms with E-state index in [0.717, 1.165) is 0 Å². The third kappa shape index (κ3) is 2.33. The van der Waals surface area contributed by atoms with Gasteiger partial charge in [0.1, 0.15) is 12.9 Å². The molecule has 0 aromatic carbocycles. The molecule has 0 N–H and O–H groups in total. The molecule has 0 aromatic rings. The Kier molecular flexibility index (Phi) is 2.65. The van der Waals surface area contributed by atoms with Crippen molar-refractivity contribution in [2.24, 2.45) is 0 Å². The van der Waals surface area contributed by atoms with E-state index in [1.165, 1.54) is 6.92 Å². The van der Waals surface area contributed by atoms with Gasteiger partial charge in [0.2, 0.25) is 0 Å². The molecule has 0 amide bonds. The van der Waals surface area contributed by atoms with Gasteiger partial charge in [-0.25, -0.2) is 0 Å². The zero-order valence-corrected chi connectivity index (χ0v) is 5.83. The standard InChI is InChI=1S/C6H10O4/c1-5(7)10-6-2-8-4-9-3-6/h6H,2-4H2,1H3. The first-order valence-electron chi connectivity index (χ1n) is 3.12. The first-order chi connectivity index (χ1) is 4.79. The lowest BCUT2D eigenvalue weighted by Crippen LogP contribution is -2.32. The third-order valence-electron chi connectivity index (χ3n) is 1.11. The van der Waals surface area contributed by atoms with Crippen molar-refractivity contribution in [2.75, 3.05) is 20.0 Å². The van der Waals surface area contributed by atoms with E-state index in [0.29, 0.717) is 20.0 Å². The molecule has 0 unspecified atom stereocenters. The summed E-state index contributed by atoms with van der Waals surface area (Å²) in [6, 6.07) is 0. The molecular weight excluding hydrogens is 136 g/mol. The maximum Gasteiger partial charge on any atom is 0.303 e. The molecule has 1 aliphatic rings. The second kappa shape index (κ2) is 3.53. The van der Waals surface area contributed by atoms with Crippen molar-refractivity contribution in [1.82, 2.24) is 0 Å². The van der Waals surface area contributed by atoms with Crippen molar-refractivity contribution in [3.63, 3.8) is 0 Å². The molecule has 1 rings (SSSR count). The summed E-state index contributed by atoms with van der Waals surface area (Å²) in [6.07, 6.45) is -0.216. The molecule has 10 heavy (non-hydrogen) atoms. The van der Waals surface area contributed by atoms with E-state index < -0.39 is 0 Å². The number of carbonyl (C=O) groups is 1. The molecule has 1 aliphatic heterocycles. The van der Waals surface area contributed by atoms with E-state index in [-0.39, 0.29) is 12.1 Å². The number of ether oxygens (including phenoxy) is 3. The van der Waals surface area contributed by atoms with Crippen LogP contribution in [0.4, 0.5) is 0 Å². The van der Waals surface area contributed by atoms with Gasteiger partial charge in [0.15, 0.2) is 0 Å². The van der Waals surface area contributed by atoms with Gasteiger partial charge in [-0.05, 0) is 0 Å². The number of rotatable bonds is 1. The van der Waals surface area contributed by atoms with Crippen LogP contribution in [0.1, 0.15) is 6.92 Å². The molecule has 0 saturated carbocycles. The monoisotopic (exact) mass is 146 g/mol. The lowest BCUT2D eigenvalue weighted by Gasteiger charge is -2.21. The molecule has 1 saturated heterocycles. The summed E-state index contributed by atoms with van der Waals surface area (Å²) >= 11 is 0. The molecule has 58 valence electrons. The summed E-state index contributed by atoms with van der Waals surface area (Å²) in [6.45, 7) is 2.56. The van der Waals surface area contributed by atoms with Crippen LogP contribution in [-0.4, -0.2) is 32.1 Å². The van der Waals surface area contributed by atoms with Crippen LogP contribution in [0.25, 0.3) is 0 Å². The maximum atomic E-state index is 10.4. The molecule has 0 bridgehead atoms. The van der Waals surface area contributed by atoms with Crippen molar-refractivity contribution in [2.45, 2.75) is 13.0 Å². The van der Waals surface area contributed by atoms with E-state index in [1.54, 1.807) is 0 Å². The van der Waals surface area contributed by atoms with Crippen LogP contribution < -0.4 is 0 Å². The fourth-order valence-electron chi connectivity index (χ4n) is 0.769. The number of hydrogen-bond acceptors (Lipinski definition) is 4. The van der Waals surface area contributed by atoms with Crippen LogP contribution in [0.3, 0.4) is 0 Å². The van der Waals surface area contributed by atoms with Crippen molar-refractivity contribution >= 4 is 5.97 Å². The first-order valence-corrected chi connectivity index (χ1v) is 3.12. The Morgan fingerprint density at radius 3 is 2.60 bits per heavy atom. The molecule has 1 fully saturated rings. The van der Waals surface area contributed by atoms with Crippen molar-refractivity contribution in [1.29, 1.82) is 0 Å². The fourth-order valence-corrected chi connectivity index (χ4v) is 0.769. The molecule has 1 heterocycles. The Morgan fingerprint density at radius 2 is 2.10 bits per heavy atom. The van der Waals surface area contributed by atoms with Crippen molar-refractivity contribution in [3.8, 4) is 0 Å². The van der Waals surface area contributed by atoms with Gasteiger partial charge in [-0.2, -0.15) is 0 Å². The van der Waals surface area contributed by atoms with Gasteiger partial charge in [-0.15, -0.1) is 0 Å². The molecule has 0 aliphatic carbocycles. The average molecular weight is 146 g/mol. The van der Waals surface area contributed by atoms with Gasteiger partial charge in [0, 0.05) is 6.92 Å². The fraction of sp³-hybridized carbons (Fsp3) is 0.833. The van der Waals surface area contributed by atoms with Gasteiger partial charge in [0.25, 0.3) is 0 Å². The highest BCUT2D eigenvalue weighted by atomic mass is 16.7. The molecule has 4 nitrogen and oxygen atoms in total. The zero-order valence-electron chi connectivity index (χ0n) is 5.83. The van der Waals surface area contributed by atoms with E-state index in [1.807, 2.05) is 0 Å². The Labute approximate surface area is 59.1 Å². The maximum absolute atomic E-state index is 10.4. The zero-order chi connectivity index (χ0) is 7.40. The van der Waals surface area contributed by atoms with Crippen molar-refractivity contribution < 1.29 is 19.0 Å². The van der Waals surface area contributed by atoms with E-state index in [9.17, 15) is 4.79 Å². The SMILES string of the molecule is CC(=O)OC1COCOC1. The summed E-state index contributed by atoms with van der Waals surface area (Å²) in [5.41, 5.74) is 0. The quantitative estimate of drug-likeness (QED) is 0.485. The molecule has 0 atom stereocenters. The average Bonchev–Trinajstić information content (AvgIpc) is 1.88. The molecule has 0 radical (unpaired) electrons. The van der Waals surface area contributed by atoms with Crippen LogP contribution >= 0.6 is 0 Å². The molecule has 0 aromatic heterocycles. The predicted molar refractivity (Wildman–Crippen MR) is 32.3 cm³/mol. The smallest absolute Gasteiger partial charge is 0.303 e. The molecule has 4 heteroatoms. The molecule has 0 spiro atoms. The van der Waals surface area contributed by atoms with Crippen LogP contribution in [0.5, 0.6) is 0 Å². The van der Waals surface area contributed by atoms with Gasteiger partial charge in [-0.3, -0.25) is 4.79 Å². The highest BCUT2D eigenvalue weighted by molar-refractivity contribution is 5.66. The number of hydrogen-bond donors (Lipinski definition) is 0. The topological polar surface area (TPSA) is 44.8 Å². The van der Waals surface area contributed by atoms with Gasteiger partial charge in [0.05, 0.1) is 13.2 Å². The second-order valence-electron chi connectivity index (χ2n) is 2.09. The van der Waals surface area contributed by atoms with Crippen LogP contribution in [0.2, 0.25) is 0 Å². The summed E-state index contributed by atoms with van der Waals surface area (Å²) in [7, 11) is 0. The highest BCUT2D eigenvalue weighted by Crippen LogP contribution is 2.00. The second-order valence-corrected chi connectivity index (χ2v) is 2.09. The Bertz CT molecular complexity index is 117. The minimum absolute atomic E-state index is 0.216. The first kappa shape index (κ1) is 7.50. The minimum atomic E-state index is -0.292. The summed E-state index contributed by atoms with van der Waals surface area (Å²) in [5, 5.41) is 0. The lowest BCUT2D eigenvalue weighted by molar-refractivity contribution is -0.181. The summed E-state index contributed by atoms with van der Waals surface area (Å²) in [4.78, 5) is 10.4. The Hall–Kier alpha value is -0.610. The Morgan fingerprint density at radius 1 is 1.50 bits per heavy atom. The van der Waals surface area contributed by atoms with Crippen LogP contribution in [0, 0.1) is 0 Å². The van der Waals surface area contributed by atoms with Gasteiger partial charge >= 0.3 is 5.97 Å². The predicted octanol–water partition coefficient (Wildman–Crippen LogP) is -0.0776. The summed E-state index contributed by atoms with van der Waals surface area (Å²) < 4.78 is 14.6. The third-order valence-corrected chi connectivity index (χ3v) is 1.11. The van der Waals surface area contributed by atoms with Crippen molar-refractivity contribution in [3.05, 3.63) is 0 Å². The van der Waals surface area contributed by atoms with E-state index in [4.69, 9.17) is 14.2 Å². The minimum Gasteiger partial charge on any atom is -0.458 e. The number of carbonyl (C=O) groups excluding carboxylic acids is 1. The van der Waals surface area contributed by atoms with Gasteiger partial charge in [-0.1, -0.05) is 0 Å². The molecular formula is C6H10O4. The number of esters is 1. The van der Waals surface area contributed by atoms with Crippen LogP contribution in [-0.2, 0) is 19.0 Å². The highest BCUT2D eigenvalue weighted by Gasteiger charge is 2.16. The van der Waals surface area contributed by atoms with Crippen LogP contribution in [0.15, 0.2) is 0 Å². The largest absolute Gasteiger partial charge is 0.458 e. The summed E-state index contributed by atoms with van der Waals surface area (Å²) in [5.74, 6) is -0.292. The lowest BCUT2D eigenvalue weighted by atomic mass is 10.4. The van der Waals surface area contributed by atoms with E-state index in [2.05, 4.69) is 0 Å². The van der Waals surface area contributed by atoms with E-state index >= 15 is 0 Å².